The Kier molecular flexibility index (Phi) is 11.8. The number of urea groups is 1. The molecule has 0 saturated carbocycles. The van der Waals surface area contributed by atoms with Crippen molar-refractivity contribution in [3.63, 3.8) is 0 Å². The predicted molar refractivity (Wildman–Crippen MR) is 181 cm³/mol. The summed E-state index contributed by atoms with van der Waals surface area (Å²) in [6.07, 6.45) is -1.01. The van der Waals surface area contributed by atoms with Crippen LogP contribution in [-0.4, -0.2) is 93.9 Å². The van der Waals surface area contributed by atoms with E-state index in [0.717, 1.165) is 27.6 Å². The number of hydrogen-bond acceptors (Lipinski definition) is 10. The van der Waals surface area contributed by atoms with Crippen LogP contribution in [-0.2, 0) is 27.8 Å². The number of carbonyl (C=O) groups excluding carboxylic acids is 2. The van der Waals surface area contributed by atoms with E-state index in [0.29, 0.717) is 25.3 Å². The first kappa shape index (κ1) is 35.7. The molecule has 3 aromatic rings. The Morgan fingerprint density at radius 2 is 1.80 bits per heavy atom. The minimum Gasteiger partial charge on any atom is -0.390 e. The molecule has 0 unspecified atom stereocenters. The monoisotopic (exact) mass is 691 g/mol. The number of nitrogens with zero attached hydrogens (tertiary/aromatic N) is 5. The van der Waals surface area contributed by atoms with Crippen LogP contribution >= 0.6 is 22.7 Å². The van der Waals surface area contributed by atoms with Crippen molar-refractivity contribution >= 4 is 49.8 Å². The van der Waals surface area contributed by atoms with E-state index in [4.69, 9.17) is 5.73 Å². The third kappa shape index (κ3) is 8.62. The summed E-state index contributed by atoms with van der Waals surface area (Å²) >= 11 is 2.41. The Balaban J connectivity index is 1.57. The smallest absolute Gasteiger partial charge is 0.321 e. The molecule has 4 N–H and O–H groups in total. The fourth-order valence-corrected chi connectivity index (χ4v) is 9.34. The molecule has 4 rings (SSSR count). The number of aliphatic hydroxyl groups excluding tert-OH is 1. The lowest BCUT2D eigenvalue weighted by molar-refractivity contribution is -0.128. The summed E-state index contributed by atoms with van der Waals surface area (Å²) in [5.41, 5.74) is 7.80. The number of sulfonamides is 1. The number of nitrogens with two attached hydrogens (primary N) is 1. The van der Waals surface area contributed by atoms with Crippen LogP contribution < -0.4 is 11.1 Å². The number of anilines is 1. The number of aromatic nitrogens is 2. The van der Waals surface area contributed by atoms with Crippen molar-refractivity contribution in [1.82, 2.24) is 29.4 Å². The third-order valence-corrected chi connectivity index (χ3v) is 12.0. The molecule has 0 aliphatic carbocycles. The van der Waals surface area contributed by atoms with Gasteiger partial charge in [-0.1, -0.05) is 69.4 Å². The van der Waals surface area contributed by atoms with Crippen LogP contribution in [0.2, 0.25) is 0 Å². The molecule has 15 heteroatoms. The molecule has 1 aliphatic rings. The van der Waals surface area contributed by atoms with E-state index in [1.165, 1.54) is 15.6 Å². The van der Waals surface area contributed by atoms with Gasteiger partial charge in [-0.05, 0) is 37.7 Å². The van der Waals surface area contributed by atoms with Gasteiger partial charge in [-0.15, -0.1) is 11.3 Å². The Morgan fingerprint density at radius 1 is 1.11 bits per heavy atom. The molecule has 252 valence electrons. The van der Waals surface area contributed by atoms with E-state index in [-0.39, 0.29) is 46.7 Å². The molecule has 1 aromatic carbocycles. The maximum absolute atomic E-state index is 14.0. The summed E-state index contributed by atoms with van der Waals surface area (Å²) in [6.45, 7) is 12.2. The van der Waals surface area contributed by atoms with Crippen molar-refractivity contribution in [2.45, 2.75) is 76.9 Å². The largest absolute Gasteiger partial charge is 0.390 e. The number of aryl methyl sites for hydroxylation is 2. The van der Waals surface area contributed by atoms with E-state index in [9.17, 15) is 23.1 Å². The van der Waals surface area contributed by atoms with Gasteiger partial charge in [-0.25, -0.2) is 23.2 Å². The van der Waals surface area contributed by atoms with Crippen molar-refractivity contribution in [1.29, 1.82) is 0 Å². The fourth-order valence-electron chi connectivity index (χ4n) is 5.68. The Hall–Kier alpha value is -3.11. The third-order valence-electron chi connectivity index (χ3n) is 7.78. The maximum atomic E-state index is 14.0. The lowest BCUT2D eigenvalue weighted by atomic mass is 9.97. The van der Waals surface area contributed by atoms with Crippen molar-refractivity contribution in [2.24, 2.45) is 11.8 Å². The summed E-state index contributed by atoms with van der Waals surface area (Å²) < 4.78 is 28.9. The number of nitrogens with one attached hydrogen (secondary N) is 1. The van der Waals surface area contributed by atoms with Gasteiger partial charge in [0, 0.05) is 31.6 Å². The Morgan fingerprint density at radius 3 is 2.37 bits per heavy atom. The molecular weight excluding hydrogens is 647 g/mol. The molecular formula is C31H45N7O5S3. The molecule has 3 atom stereocenters. The van der Waals surface area contributed by atoms with Crippen LogP contribution in [0, 0.1) is 25.7 Å². The van der Waals surface area contributed by atoms with E-state index >= 15 is 0 Å². The predicted octanol–water partition coefficient (Wildman–Crippen LogP) is 3.50. The summed E-state index contributed by atoms with van der Waals surface area (Å²) in [5.74, 6) is -0.672. The normalized spacial score (nSPS) is 16.1. The maximum Gasteiger partial charge on any atom is 0.321 e. The van der Waals surface area contributed by atoms with Crippen LogP contribution in [0.3, 0.4) is 0 Å². The van der Waals surface area contributed by atoms with Crippen LogP contribution in [0.4, 0.5) is 9.93 Å². The first-order valence-corrected chi connectivity index (χ1v) is 18.5. The highest BCUT2D eigenvalue weighted by atomic mass is 32.2. The lowest BCUT2D eigenvalue weighted by Crippen LogP contribution is -2.57. The molecule has 1 saturated heterocycles. The standard InChI is InChI=1S/C31H45N7O5S3/c1-19(2)15-37(46(42,43)29-21(5)33-30(32)45-29)17-26(39)25(14-23-10-8-7-9-11-23)35-28(40)27(20(3)4)38-13-12-36(31(38)41)16-24-18-44-22(6)34-24/h7-11,18-20,25-27,39H,12-17H2,1-6H3,(H2,32,33)(H,35,40)/t25-,26-,27-/m0/s1. The van der Waals surface area contributed by atoms with Crippen molar-refractivity contribution in [3.8, 4) is 0 Å². The van der Waals surface area contributed by atoms with Gasteiger partial charge in [0.05, 0.1) is 35.1 Å². The van der Waals surface area contributed by atoms with E-state index < -0.39 is 34.1 Å². The van der Waals surface area contributed by atoms with Gasteiger partial charge in [0.25, 0.3) is 10.0 Å². The van der Waals surface area contributed by atoms with Crippen LogP contribution in [0.25, 0.3) is 0 Å². The van der Waals surface area contributed by atoms with Crippen molar-refractivity contribution in [3.05, 3.63) is 57.7 Å². The molecule has 0 bridgehead atoms. The summed E-state index contributed by atoms with van der Waals surface area (Å²) in [4.78, 5) is 39.4. The lowest BCUT2D eigenvalue weighted by Gasteiger charge is -2.34. The molecule has 1 fully saturated rings. The number of benzene rings is 1. The number of nitrogen functional groups attached to an aromatic ring is 1. The van der Waals surface area contributed by atoms with Gasteiger partial charge in [0.2, 0.25) is 5.91 Å². The van der Waals surface area contributed by atoms with Crippen molar-refractivity contribution in [2.75, 3.05) is 31.9 Å². The number of thiazole rings is 2. The highest BCUT2D eigenvalue weighted by Gasteiger charge is 2.41. The second-order valence-corrected chi connectivity index (χ2v) is 16.7. The second-order valence-electron chi connectivity index (χ2n) is 12.5. The highest BCUT2D eigenvalue weighted by molar-refractivity contribution is 7.91. The molecule has 46 heavy (non-hydrogen) atoms. The fraction of sp³-hybridized carbons (Fsp3) is 0.548. The quantitative estimate of drug-likeness (QED) is 0.218. The minimum absolute atomic E-state index is 0.0336. The van der Waals surface area contributed by atoms with Gasteiger partial charge >= 0.3 is 6.03 Å². The average Bonchev–Trinajstić information content (AvgIpc) is 3.66. The minimum atomic E-state index is -4.04. The molecule has 1 aliphatic heterocycles. The number of hydrogen-bond donors (Lipinski definition) is 3. The first-order valence-electron chi connectivity index (χ1n) is 15.4. The molecule has 0 spiro atoms. The van der Waals surface area contributed by atoms with E-state index in [1.807, 2.05) is 70.3 Å². The van der Waals surface area contributed by atoms with Crippen LogP contribution in [0.1, 0.15) is 49.7 Å². The van der Waals surface area contributed by atoms with Gasteiger partial charge in [-0.2, -0.15) is 4.31 Å². The van der Waals surface area contributed by atoms with E-state index in [2.05, 4.69) is 15.3 Å². The molecule has 3 amide bonds. The zero-order chi connectivity index (χ0) is 33.8. The SMILES string of the molecule is Cc1nc(CN2CCN([C@H](C(=O)N[C@@H](Cc3ccccc3)[C@@H](O)CN(CC(C)C)S(=O)(=O)c3sc(N)nc3C)C(C)C)C2=O)cs1. The number of aliphatic hydroxyl groups is 1. The highest BCUT2D eigenvalue weighted by Crippen LogP contribution is 2.29. The number of rotatable bonds is 15. The summed E-state index contributed by atoms with van der Waals surface area (Å²) in [6, 6.07) is 7.50. The number of amides is 3. The zero-order valence-corrected chi connectivity index (χ0v) is 29.7. The van der Waals surface area contributed by atoms with Gasteiger partial charge in [0.1, 0.15) is 6.04 Å². The average molecular weight is 692 g/mol. The molecule has 12 nitrogen and oxygen atoms in total. The Labute approximate surface area is 279 Å². The van der Waals surface area contributed by atoms with E-state index in [1.54, 1.807) is 16.7 Å². The summed E-state index contributed by atoms with van der Waals surface area (Å²) in [5, 5.41) is 17.7. The number of carbonyl (C=O) groups is 2. The van der Waals surface area contributed by atoms with Gasteiger partial charge in [-0.3, -0.25) is 4.79 Å². The van der Waals surface area contributed by atoms with Crippen LogP contribution in [0.5, 0.6) is 0 Å². The van der Waals surface area contributed by atoms with Gasteiger partial charge in [0.15, 0.2) is 9.34 Å². The summed E-state index contributed by atoms with van der Waals surface area (Å²) in [7, 11) is -4.04. The second kappa shape index (κ2) is 15.2. The Bertz CT molecular complexity index is 1590. The van der Waals surface area contributed by atoms with Crippen LogP contribution in [0.15, 0.2) is 39.9 Å². The molecule has 3 heterocycles. The molecule has 0 radical (unpaired) electrons. The molecule has 2 aromatic heterocycles. The first-order chi connectivity index (χ1) is 21.7. The van der Waals surface area contributed by atoms with Gasteiger partial charge < -0.3 is 26.0 Å². The van der Waals surface area contributed by atoms with Crippen molar-refractivity contribution < 1.29 is 23.1 Å². The zero-order valence-electron chi connectivity index (χ0n) is 27.2. The topological polar surface area (TPSA) is 162 Å².